The van der Waals surface area contributed by atoms with Gasteiger partial charge in [-0.15, -0.1) is 11.3 Å². The first-order valence-electron chi connectivity index (χ1n) is 9.74. The molecule has 0 radical (unpaired) electrons. The number of carbonyl (C=O) groups excluding carboxylic acids is 1. The van der Waals surface area contributed by atoms with Gasteiger partial charge in [0.25, 0.3) is 0 Å². The monoisotopic (exact) mass is 386 g/mol. The van der Waals surface area contributed by atoms with Crippen molar-refractivity contribution in [3.63, 3.8) is 0 Å². The summed E-state index contributed by atoms with van der Waals surface area (Å²) in [6, 6.07) is 0.000876. The van der Waals surface area contributed by atoms with Gasteiger partial charge in [-0.3, -0.25) is 9.48 Å². The first-order chi connectivity index (χ1) is 13.2. The number of nitrogens with zero attached hydrogens (tertiary/aromatic N) is 4. The van der Waals surface area contributed by atoms with Crippen molar-refractivity contribution in [1.82, 2.24) is 19.7 Å². The molecular formula is C20H26N4O2S. The highest BCUT2D eigenvalue weighted by Crippen LogP contribution is 2.40. The van der Waals surface area contributed by atoms with Gasteiger partial charge in [0.05, 0.1) is 36.9 Å². The zero-order valence-electron chi connectivity index (χ0n) is 15.5. The van der Waals surface area contributed by atoms with Crippen LogP contribution in [0.3, 0.4) is 0 Å². The number of aliphatic hydroxyl groups excluding tert-OH is 1. The molecule has 0 spiro atoms. The van der Waals surface area contributed by atoms with Crippen LogP contribution in [-0.4, -0.2) is 37.3 Å². The fraction of sp³-hybridized carbons (Fsp3) is 0.550. The summed E-state index contributed by atoms with van der Waals surface area (Å²) >= 11 is 1.74. The maximum atomic E-state index is 12.7. The number of aromatic nitrogens is 3. The van der Waals surface area contributed by atoms with E-state index in [4.69, 9.17) is 0 Å². The van der Waals surface area contributed by atoms with Gasteiger partial charge >= 0.3 is 0 Å². The summed E-state index contributed by atoms with van der Waals surface area (Å²) in [4.78, 5) is 20.3. The van der Waals surface area contributed by atoms with Crippen LogP contribution < -0.4 is 0 Å². The zero-order valence-corrected chi connectivity index (χ0v) is 16.3. The van der Waals surface area contributed by atoms with E-state index in [1.165, 1.54) is 30.3 Å². The minimum Gasteiger partial charge on any atom is -0.394 e. The summed E-state index contributed by atoms with van der Waals surface area (Å²) in [6.45, 7) is 4.83. The van der Waals surface area contributed by atoms with Gasteiger partial charge in [0.15, 0.2) is 0 Å². The van der Waals surface area contributed by atoms with Gasteiger partial charge in [0.2, 0.25) is 5.91 Å². The van der Waals surface area contributed by atoms with Crippen molar-refractivity contribution in [2.24, 2.45) is 0 Å². The van der Waals surface area contributed by atoms with Crippen LogP contribution >= 0.6 is 11.3 Å². The van der Waals surface area contributed by atoms with E-state index in [9.17, 15) is 9.90 Å². The minimum atomic E-state index is -0.0543. The van der Waals surface area contributed by atoms with E-state index >= 15 is 0 Å². The molecular weight excluding hydrogens is 360 g/mol. The highest BCUT2D eigenvalue weighted by Gasteiger charge is 2.31. The summed E-state index contributed by atoms with van der Waals surface area (Å²) in [5, 5.41) is 14.9. The predicted molar refractivity (Wildman–Crippen MR) is 104 cm³/mol. The Labute approximate surface area is 163 Å². The van der Waals surface area contributed by atoms with E-state index in [1.54, 1.807) is 11.3 Å². The summed E-state index contributed by atoms with van der Waals surface area (Å²) in [6.07, 6.45) is 11.8. The molecule has 0 aromatic carbocycles. The molecule has 6 nitrogen and oxygen atoms in total. The van der Waals surface area contributed by atoms with Gasteiger partial charge in [-0.05, 0) is 38.2 Å². The summed E-state index contributed by atoms with van der Waals surface area (Å²) in [5.74, 6) is 0.562. The standard InChI is InChI=1S/C20H26N4O2S/c1-2-19(26)23(13-15-11-21-20(27-15)14-5-3-6-14)17-7-4-8-18-16(17)12-22-24(18)9-10-25/h2,11-12,14,17,25H,1,3-10,13H2. The van der Waals surface area contributed by atoms with E-state index in [1.807, 2.05) is 22.0 Å². The molecule has 1 saturated carbocycles. The van der Waals surface area contributed by atoms with Crippen LogP contribution in [0.25, 0.3) is 0 Å². The van der Waals surface area contributed by atoms with Gasteiger partial charge in [-0.1, -0.05) is 13.0 Å². The molecule has 1 atom stereocenters. The first kappa shape index (κ1) is 18.4. The smallest absolute Gasteiger partial charge is 0.246 e. The second-order valence-corrected chi connectivity index (χ2v) is 8.51. The molecule has 144 valence electrons. The lowest BCUT2D eigenvalue weighted by molar-refractivity contribution is -0.129. The molecule has 2 aliphatic rings. The molecule has 2 aliphatic carbocycles. The molecule has 1 amide bonds. The van der Waals surface area contributed by atoms with Gasteiger partial charge in [0, 0.05) is 28.2 Å². The van der Waals surface area contributed by atoms with Crippen molar-refractivity contribution in [1.29, 1.82) is 0 Å². The van der Waals surface area contributed by atoms with Gasteiger partial charge < -0.3 is 10.0 Å². The number of aliphatic hydroxyl groups is 1. The zero-order chi connectivity index (χ0) is 18.8. The second kappa shape index (κ2) is 7.94. The summed E-state index contributed by atoms with van der Waals surface area (Å²) in [7, 11) is 0. The third-order valence-electron chi connectivity index (χ3n) is 5.73. The Morgan fingerprint density at radius 3 is 2.93 bits per heavy atom. The van der Waals surface area contributed by atoms with E-state index in [0.29, 0.717) is 19.0 Å². The van der Waals surface area contributed by atoms with Gasteiger partial charge in [-0.25, -0.2) is 4.98 Å². The van der Waals surface area contributed by atoms with Crippen LogP contribution in [0.1, 0.15) is 65.2 Å². The highest BCUT2D eigenvalue weighted by molar-refractivity contribution is 7.11. The van der Waals surface area contributed by atoms with Crippen molar-refractivity contribution < 1.29 is 9.90 Å². The maximum Gasteiger partial charge on any atom is 0.246 e. The molecule has 1 unspecified atom stereocenters. The van der Waals surface area contributed by atoms with Crippen molar-refractivity contribution in [2.75, 3.05) is 6.61 Å². The van der Waals surface area contributed by atoms with Crippen LogP contribution in [-0.2, 0) is 24.3 Å². The van der Waals surface area contributed by atoms with Crippen LogP contribution in [0, 0.1) is 0 Å². The molecule has 0 saturated heterocycles. The van der Waals surface area contributed by atoms with Crippen molar-refractivity contribution in [3.8, 4) is 0 Å². The number of thiazole rings is 1. The fourth-order valence-corrected chi connectivity index (χ4v) is 5.16. The minimum absolute atomic E-state index is 0.000876. The molecule has 4 rings (SSSR count). The molecule has 2 aromatic rings. The Hall–Kier alpha value is -1.99. The third kappa shape index (κ3) is 3.58. The van der Waals surface area contributed by atoms with E-state index in [2.05, 4.69) is 16.7 Å². The Bertz CT molecular complexity index is 824. The average molecular weight is 387 g/mol. The molecule has 1 fully saturated rings. The van der Waals surface area contributed by atoms with Crippen LogP contribution in [0.4, 0.5) is 0 Å². The van der Waals surface area contributed by atoms with E-state index in [-0.39, 0.29) is 18.6 Å². The number of hydrogen-bond acceptors (Lipinski definition) is 5. The van der Waals surface area contributed by atoms with Crippen molar-refractivity contribution >= 4 is 17.2 Å². The largest absolute Gasteiger partial charge is 0.394 e. The topological polar surface area (TPSA) is 71.2 Å². The Morgan fingerprint density at radius 1 is 1.37 bits per heavy atom. The van der Waals surface area contributed by atoms with E-state index < -0.39 is 0 Å². The lowest BCUT2D eigenvalue weighted by Crippen LogP contribution is -2.35. The number of rotatable bonds is 7. The molecule has 7 heteroatoms. The van der Waals surface area contributed by atoms with Crippen molar-refractivity contribution in [3.05, 3.63) is 46.2 Å². The Morgan fingerprint density at radius 2 is 2.22 bits per heavy atom. The number of carbonyl (C=O) groups is 1. The second-order valence-electron chi connectivity index (χ2n) is 7.36. The Kier molecular flexibility index (Phi) is 5.41. The summed E-state index contributed by atoms with van der Waals surface area (Å²) < 4.78 is 1.87. The number of amides is 1. The molecule has 27 heavy (non-hydrogen) atoms. The third-order valence-corrected chi connectivity index (χ3v) is 6.87. The Balaban J connectivity index is 1.58. The SMILES string of the molecule is C=CC(=O)N(Cc1cnc(C2CCC2)s1)C1CCCc2c1cnn2CCO. The normalized spacial score (nSPS) is 19.4. The lowest BCUT2D eigenvalue weighted by Gasteiger charge is -2.33. The lowest BCUT2D eigenvalue weighted by atomic mass is 9.86. The highest BCUT2D eigenvalue weighted by atomic mass is 32.1. The number of hydrogen-bond donors (Lipinski definition) is 1. The van der Waals surface area contributed by atoms with Crippen LogP contribution in [0.2, 0.25) is 0 Å². The molecule has 2 aromatic heterocycles. The first-order valence-corrected chi connectivity index (χ1v) is 10.6. The van der Waals surface area contributed by atoms with Gasteiger partial charge in [0.1, 0.15) is 0 Å². The fourth-order valence-electron chi connectivity index (χ4n) is 4.07. The number of fused-ring (bicyclic) bond motifs is 1. The predicted octanol–water partition coefficient (Wildman–Crippen LogP) is 3.19. The molecule has 0 bridgehead atoms. The molecule has 2 heterocycles. The van der Waals surface area contributed by atoms with Gasteiger partial charge in [-0.2, -0.15) is 5.10 Å². The molecule has 0 aliphatic heterocycles. The van der Waals surface area contributed by atoms with Crippen LogP contribution in [0.15, 0.2) is 25.0 Å². The molecule has 1 N–H and O–H groups in total. The maximum absolute atomic E-state index is 12.7. The summed E-state index contributed by atoms with van der Waals surface area (Å²) in [5.41, 5.74) is 2.25. The van der Waals surface area contributed by atoms with E-state index in [0.717, 1.165) is 35.4 Å². The van der Waals surface area contributed by atoms with Crippen molar-refractivity contribution in [2.45, 2.75) is 63.6 Å². The quantitative estimate of drug-likeness (QED) is 0.742. The van der Waals surface area contributed by atoms with Crippen LogP contribution in [0.5, 0.6) is 0 Å². The average Bonchev–Trinajstić information content (AvgIpc) is 3.25.